The van der Waals surface area contributed by atoms with Gasteiger partial charge in [-0.25, -0.2) is 0 Å². The molecule has 2 aliphatic heterocycles. The van der Waals surface area contributed by atoms with E-state index >= 15 is 0 Å². The van der Waals surface area contributed by atoms with Crippen LogP contribution in [0.5, 0.6) is 0 Å². The molecule has 0 saturated heterocycles. The smallest absolute Gasteiger partial charge is 0.252 e. The molecule has 0 unspecified atom stereocenters. The maximum absolute atomic E-state index is 10.2. The summed E-state index contributed by atoms with van der Waals surface area (Å²) in [4.78, 5) is 4.98. The SMILES string of the molecule is [2H]c1c([2H])c([2H])c(-c2ccc3c(c2)N(c2c(-c4ccccc4)cc(C(C)(C)C)cc2-c2ccccc2)c2cc(-c4cc(C(C)(C)C)cc(C(C)(C)C)c4)cc4c2B3c2ccc(-n3c5ccc(-n6c7ccccc7c7ccccc76)cc5c5c([2H])c([2H])c([2H])c([2H])c53)cc2N4c2c(-c3ccccc3)cc(C(C)(C)C)cc2-c2ccccc2)c([2H])c1[2H]. The second kappa shape index (κ2) is 26.1. The zero-order valence-corrected chi connectivity index (χ0v) is 64.9. The molecule has 0 aliphatic carbocycles. The Kier molecular flexibility index (Phi) is 14.0. The topological polar surface area (TPSA) is 16.3 Å². The van der Waals surface area contributed by atoms with E-state index in [0.717, 1.165) is 145 Å². The lowest BCUT2D eigenvalue weighted by Crippen LogP contribution is -2.61. The molecule has 0 amide bonds. The zero-order valence-electron chi connectivity index (χ0n) is 73.9. The third-order valence-corrected chi connectivity index (χ3v) is 23.1. The largest absolute Gasteiger partial charge is 0.310 e. The van der Waals surface area contributed by atoms with Crippen molar-refractivity contribution in [2.24, 2.45) is 0 Å². The van der Waals surface area contributed by atoms with Gasteiger partial charge in [-0.2, -0.15) is 0 Å². The molecule has 0 fully saturated rings. The number of anilines is 6. The molecule has 4 heterocycles. The lowest BCUT2D eigenvalue weighted by molar-refractivity contribution is 0.569. The second-order valence-electron chi connectivity index (χ2n) is 34.3. The Bertz CT molecular complexity index is 6890. The minimum Gasteiger partial charge on any atom is -0.310 e. The summed E-state index contributed by atoms with van der Waals surface area (Å²) in [6, 6.07) is 97.1. The number of para-hydroxylation sites is 3. The normalized spacial score (nSPS) is 14.1. The molecule has 4 nitrogen and oxygen atoms in total. The zero-order chi connectivity index (χ0) is 83.8. The van der Waals surface area contributed by atoms with Gasteiger partial charge in [-0.3, -0.25) is 0 Å². The van der Waals surface area contributed by atoms with Gasteiger partial charge in [0.05, 0.1) is 45.8 Å². The first-order chi connectivity index (χ1) is 57.3. The third kappa shape index (κ3) is 11.7. The van der Waals surface area contributed by atoms with Gasteiger partial charge in [-0.05, 0) is 196 Å². The number of rotatable bonds is 10. The van der Waals surface area contributed by atoms with E-state index in [1.165, 1.54) is 11.1 Å². The van der Waals surface area contributed by atoms with Gasteiger partial charge in [0.15, 0.2) is 0 Å². The molecular weight excluding hydrogens is 1340 g/mol. The maximum atomic E-state index is 10.2. The van der Waals surface area contributed by atoms with Crippen LogP contribution in [0.1, 0.15) is 118 Å². The monoisotopic (exact) mass is 1440 g/mol. The fourth-order valence-corrected chi connectivity index (χ4v) is 17.3. The number of hydrogen-bond donors (Lipinski definition) is 0. The molecule has 2 aromatic heterocycles. The Morgan fingerprint density at radius 1 is 0.252 bits per heavy atom. The minimum atomic E-state index is -0.608. The van der Waals surface area contributed by atoms with Gasteiger partial charge in [0, 0.05) is 77.9 Å². The van der Waals surface area contributed by atoms with Crippen molar-refractivity contribution >= 4 is 101 Å². The summed E-state index contributed by atoms with van der Waals surface area (Å²) in [5.74, 6) is 0. The molecule has 111 heavy (non-hydrogen) atoms. The van der Waals surface area contributed by atoms with Gasteiger partial charge < -0.3 is 18.9 Å². The Morgan fingerprint density at radius 2 is 0.622 bits per heavy atom. The lowest BCUT2D eigenvalue weighted by Gasteiger charge is -2.46. The minimum absolute atomic E-state index is 0.0825. The number of nitrogens with zero attached hydrogens (tertiary/aromatic N) is 4. The van der Waals surface area contributed by atoms with Crippen molar-refractivity contribution in [2.75, 3.05) is 9.80 Å². The maximum Gasteiger partial charge on any atom is 0.252 e. The second-order valence-corrected chi connectivity index (χ2v) is 34.3. The van der Waals surface area contributed by atoms with Crippen LogP contribution < -0.4 is 26.2 Å². The molecule has 0 atom stereocenters. The average Bonchev–Trinajstić information content (AvgIpc) is 0.790. The molecule has 0 bridgehead atoms. The molecule has 0 radical (unpaired) electrons. The summed E-state index contributed by atoms with van der Waals surface area (Å²) >= 11 is 0. The number of aromatic nitrogens is 2. The van der Waals surface area contributed by atoms with Gasteiger partial charge in [0.1, 0.15) is 0 Å². The van der Waals surface area contributed by atoms with Crippen LogP contribution in [-0.2, 0) is 21.7 Å². The summed E-state index contributed by atoms with van der Waals surface area (Å²) in [5.41, 5.74) is 26.0. The van der Waals surface area contributed by atoms with E-state index in [1.54, 1.807) is 0 Å². The number of benzene rings is 15. The van der Waals surface area contributed by atoms with Gasteiger partial charge >= 0.3 is 0 Å². The molecule has 15 aromatic carbocycles. The standard InChI is InChI=1S/C106H91BN4/c1-103(2,3)76-56-74(57-77(61-76)104(4,5)6)75-59-98-100-99(60-75)111(102-87(71-40-24-16-25-41-71)64-79(106(10,11)12)65-88(102)72-42-26-17-27-43-72)97-67-81(109-94-49-33-30-46-84(94)89-66-80(52-55-95(89)109)108-92-47-31-28-44-82(92)83-45-29-32-48-93(83)108)51-54-91(97)107(100)90-53-50-73(68-34-18-13-19-35-68)58-96(90)110(98)101-85(69-36-20-14-21-37-69)62-78(105(7,8)9)63-86(101)70-38-22-15-23-39-70/h13-67H,1-12H3/i13D,18D,19D,30D,33D,34D,35D,46D,49D. The first kappa shape index (κ1) is 59.5. The van der Waals surface area contributed by atoms with E-state index in [4.69, 9.17) is 1.37 Å². The summed E-state index contributed by atoms with van der Waals surface area (Å²) in [7, 11) is 0. The van der Waals surface area contributed by atoms with Gasteiger partial charge in [-0.15, -0.1) is 0 Å². The first-order valence-electron chi connectivity index (χ1n) is 43.3. The highest BCUT2D eigenvalue weighted by atomic mass is 15.2. The van der Waals surface area contributed by atoms with E-state index in [-0.39, 0.29) is 63.5 Å². The highest BCUT2D eigenvalue weighted by molar-refractivity contribution is 7.00. The van der Waals surface area contributed by atoms with Crippen LogP contribution in [0.25, 0.3) is 122 Å². The molecule has 2 aliphatic rings. The van der Waals surface area contributed by atoms with Crippen molar-refractivity contribution in [3.63, 3.8) is 0 Å². The van der Waals surface area contributed by atoms with Crippen molar-refractivity contribution in [2.45, 2.75) is 105 Å². The van der Waals surface area contributed by atoms with Gasteiger partial charge in [0.2, 0.25) is 0 Å². The Hall–Kier alpha value is -12.4. The van der Waals surface area contributed by atoms with E-state index < -0.39 is 24.8 Å². The molecular formula is C106H91BN4. The summed E-state index contributed by atoms with van der Waals surface area (Å²) < 4.78 is 90.7. The molecule has 19 rings (SSSR count). The van der Waals surface area contributed by atoms with Gasteiger partial charge in [0.25, 0.3) is 6.71 Å². The van der Waals surface area contributed by atoms with Crippen molar-refractivity contribution in [3.8, 4) is 78.1 Å². The van der Waals surface area contributed by atoms with E-state index in [9.17, 15) is 11.0 Å². The first-order valence-corrected chi connectivity index (χ1v) is 38.8. The van der Waals surface area contributed by atoms with Crippen LogP contribution in [0.3, 0.4) is 0 Å². The average molecular weight is 1440 g/mol. The van der Waals surface area contributed by atoms with E-state index in [2.05, 4.69) is 375 Å². The highest BCUT2D eigenvalue weighted by Gasteiger charge is 2.46. The van der Waals surface area contributed by atoms with Crippen molar-refractivity contribution in [1.82, 2.24) is 9.13 Å². The Balaban J connectivity index is 1.02. The van der Waals surface area contributed by atoms with Crippen LogP contribution in [0, 0.1) is 0 Å². The van der Waals surface area contributed by atoms with Crippen molar-refractivity contribution in [3.05, 3.63) is 356 Å². The van der Waals surface area contributed by atoms with Crippen molar-refractivity contribution in [1.29, 1.82) is 0 Å². The number of hydrogen-bond acceptors (Lipinski definition) is 2. The fraction of sp³-hybridized carbons (Fsp3) is 0.151. The Labute approximate surface area is 666 Å². The van der Waals surface area contributed by atoms with Crippen LogP contribution in [-0.4, -0.2) is 15.8 Å². The summed E-state index contributed by atoms with van der Waals surface area (Å²) in [6.45, 7) is 26.7. The lowest BCUT2D eigenvalue weighted by atomic mass is 9.33. The van der Waals surface area contributed by atoms with E-state index in [0.29, 0.717) is 33.1 Å². The third-order valence-electron chi connectivity index (χ3n) is 23.1. The predicted octanol–water partition coefficient (Wildman–Crippen LogP) is 27.2. The summed E-state index contributed by atoms with van der Waals surface area (Å²) in [5, 5.41) is 3.24. The fourth-order valence-electron chi connectivity index (χ4n) is 17.3. The van der Waals surface area contributed by atoms with Crippen LogP contribution in [0.4, 0.5) is 34.1 Å². The van der Waals surface area contributed by atoms with E-state index in [1.807, 2.05) is 6.07 Å². The molecule has 0 spiro atoms. The van der Waals surface area contributed by atoms with Crippen LogP contribution in [0.2, 0.25) is 0 Å². The van der Waals surface area contributed by atoms with Crippen LogP contribution in [0.15, 0.2) is 333 Å². The van der Waals surface area contributed by atoms with Crippen LogP contribution >= 0.6 is 0 Å². The molecule has 538 valence electrons. The molecule has 5 heteroatoms. The quantitative estimate of drug-likeness (QED) is 0.127. The molecule has 0 saturated carbocycles. The van der Waals surface area contributed by atoms with Gasteiger partial charge in [-0.1, -0.05) is 326 Å². The predicted molar refractivity (Wildman–Crippen MR) is 477 cm³/mol. The van der Waals surface area contributed by atoms with Crippen molar-refractivity contribution < 1.29 is 12.3 Å². The number of fused-ring (bicyclic) bond motifs is 10. The molecule has 0 N–H and O–H groups in total. The summed E-state index contributed by atoms with van der Waals surface area (Å²) in [6.07, 6.45) is 0. The molecule has 17 aromatic rings. The highest BCUT2D eigenvalue weighted by Crippen LogP contribution is 2.56. The Morgan fingerprint density at radius 3 is 1.10 bits per heavy atom.